The molecule has 9 heteroatoms. The third-order valence-electron chi connectivity index (χ3n) is 3.32. The number of carboxylic acid groups (broad SMARTS) is 1. The number of benzene rings is 1. The van der Waals surface area contributed by atoms with Crippen LogP contribution in [-0.4, -0.2) is 22.1 Å². The zero-order valence-electron chi connectivity index (χ0n) is 13.0. The van der Waals surface area contributed by atoms with Crippen LogP contribution >= 0.6 is 34.5 Å². The number of hydrogen-bond acceptors (Lipinski definition) is 4. The number of nitrogens with one attached hydrogen (secondary N) is 2. The summed E-state index contributed by atoms with van der Waals surface area (Å²) >= 11 is 13.1. The molecule has 0 bridgehead atoms. The highest BCUT2D eigenvalue weighted by molar-refractivity contribution is 7.18. The van der Waals surface area contributed by atoms with Crippen molar-refractivity contribution in [2.45, 2.75) is 0 Å². The summed E-state index contributed by atoms with van der Waals surface area (Å²) in [6.07, 6.45) is 3.24. The summed E-state index contributed by atoms with van der Waals surface area (Å²) in [5, 5.41) is 15.0. The van der Waals surface area contributed by atoms with E-state index >= 15 is 0 Å². The molecule has 6 nitrogen and oxygen atoms in total. The second kappa shape index (κ2) is 7.74. The molecule has 0 unspecified atom stereocenters. The summed E-state index contributed by atoms with van der Waals surface area (Å²) in [5.41, 5.74) is 1.16. The first-order valence-electron chi connectivity index (χ1n) is 7.25. The molecule has 2 heterocycles. The van der Waals surface area contributed by atoms with Crippen molar-refractivity contribution in [2.75, 3.05) is 10.6 Å². The Morgan fingerprint density at radius 3 is 2.42 bits per heavy atom. The number of para-hydroxylation sites is 1. The van der Waals surface area contributed by atoms with Crippen molar-refractivity contribution in [1.29, 1.82) is 0 Å². The van der Waals surface area contributed by atoms with Gasteiger partial charge in [0, 0.05) is 22.8 Å². The fraction of sp³-hybridized carbons (Fsp3) is 0. The van der Waals surface area contributed by atoms with E-state index in [2.05, 4.69) is 15.6 Å². The van der Waals surface area contributed by atoms with Gasteiger partial charge >= 0.3 is 12.0 Å². The monoisotopic (exact) mass is 407 g/mol. The zero-order chi connectivity index (χ0) is 18.7. The maximum absolute atomic E-state index is 12.3. The standard InChI is InChI=1S/C17H11Cl2N3O3S/c18-10-4-1-5-11(19)14(10)22-17(25)21-12-7-13(26-15(12)16(23)24)9-3-2-6-20-8-9/h1-8H,(H,23,24)(H2,21,22,25). The largest absolute Gasteiger partial charge is 0.477 e. The Balaban J connectivity index is 1.86. The van der Waals surface area contributed by atoms with Crippen LogP contribution < -0.4 is 10.6 Å². The third-order valence-corrected chi connectivity index (χ3v) is 5.12. The van der Waals surface area contributed by atoms with E-state index in [1.165, 1.54) is 0 Å². The van der Waals surface area contributed by atoms with Crippen LogP contribution in [-0.2, 0) is 0 Å². The molecule has 3 rings (SSSR count). The molecule has 0 atom stereocenters. The lowest BCUT2D eigenvalue weighted by Gasteiger charge is -2.10. The van der Waals surface area contributed by atoms with Crippen LogP contribution in [0.25, 0.3) is 10.4 Å². The van der Waals surface area contributed by atoms with Crippen LogP contribution in [0.4, 0.5) is 16.2 Å². The Morgan fingerprint density at radius 1 is 1.08 bits per heavy atom. The number of nitrogens with zero attached hydrogens (tertiary/aromatic N) is 1. The Hall–Kier alpha value is -2.61. The van der Waals surface area contributed by atoms with E-state index in [1.54, 1.807) is 48.8 Å². The molecule has 0 aliphatic rings. The smallest absolute Gasteiger partial charge is 0.348 e. The molecule has 0 radical (unpaired) electrons. The highest BCUT2D eigenvalue weighted by atomic mass is 35.5. The number of carboxylic acids is 1. The van der Waals surface area contributed by atoms with Gasteiger partial charge in [-0.1, -0.05) is 35.3 Å². The van der Waals surface area contributed by atoms with Gasteiger partial charge in [0.2, 0.25) is 0 Å². The first-order valence-corrected chi connectivity index (χ1v) is 8.82. The Labute approximate surface area is 162 Å². The number of pyridine rings is 1. The molecule has 0 aliphatic heterocycles. The van der Waals surface area contributed by atoms with Crippen LogP contribution in [0.3, 0.4) is 0 Å². The fourth-order valence-corrected chi connectivity index (χ4v) is 3.61. The van der Waals surface area contributed by atoms with E-state index in [4.69, 9.17) is 23.2 Å². The maximum atomic E-state index is 12.3. The van der Waals surface area contributed by atoms with Gasteiger partial charge in [0.25, 0.3) is 0 Å². The van der Waals surface area contributed by atoms with Crippen molar-refractivity contribution in [3.8, 4) is 10.4 Å². The lowest BCUT2D eigenvalue weighted by Crippen LogP contribution is -2.20. The van der Waals surface area contributed by atoms with Crippen LogP contribution in [0.1, 0.15) is 9.67 Å². The van der Waals surface area contributed by atoms with Crippen LogP contribution in [0.2, 0.25) is 10.0 Å². The van der Waals surface area contributed by atoms with E-state index in [0.717, 1.165) is 16.9 Å². The molecule has 0 aliphatic carbocycles. The SMILES string of the molecule is O=C(Nc1cc(-c2cccnc2)sc1C(=O)O)Nc1c(Cl)cccc1Cl. The Morgan fingerprint density at radius 2 is 1.81 bits per heavy atom. The molecule has 26 heavy (non-hydrogen) atoms. The predicted molar refractivity (Wildman–Crippen MR) is 104 cm³/mol. The number of thiophene rings is 1. The molecule has 0 fully saturated rings. The zero-order valence-corrected chi connectivity index (χ0v) is 15.3. The van der Waals surface area contributed by atoms with E-state index in [-0.39, 0.29) is 26.3 Å². The number of anilines is 2. The molecule has 3 aromatic rings. The number of aromatic nitrogens is 1. The molecule has 1 aromatic carbocycles. The summed E-state index contributed by atoms with van der Waals surface area (Å²) in [6.45, 7) is 0. The quantitative estimate of drug-likeness (QED) is 0.535. The molecule has 132 valence electrons. The second-order valence-corrected chi connectivity index (χ2v) is 6.94. The van der Waals surface area contributed by atoms with E-state index in [9.17, 15) is 14.7 Å². The summed E-state index contributed by atoms with van der Waals surface area (Å²) in [7, 11) is 0. The number of amides is 2. The molecular weight excluding hydrogens is 397 g/mol. The van der Waals surface area contributed by atoms with Crippen molar-refractivity contribution in [3.63, 3.8) is 0 Å². The first-order chi connectivity index (χ1) is 12.5. The van der Waals surface area contributed by atoms with Crippen molar-refractivity contribution in [3.05, 3.63) is 63.7 Å². The Bertz CT molecular complexity index is 956. The number of halogens is 2. The lowest BCUT2D eigenvalue weighted by atomic mass is 10.2. The Kier molecular flexibility index (Phi) is 5.41. The van der Waals surface area contributed by atoms with Crippen molar-refractivity contribution < 1.29 is 14.7 Å². The summed E-state index contributed by atoms with van der Waals surface area (Å²) in [4.78, 5) is 28.4. The number of urea groups is 1. The highest BCUT2D eigenvalue weighted by Crippen LogP contribution is 2.35. The number of aromatic carboxylic acids is 1. The summed E-state index contributed by atoms with van der Waals surface area (Å²) in [6, 6.07) is 9.28. The summed E-state index contributed by atoms with van der Waals surface area (Å²) < 4.78 is 0. The third kappa shape index (κ3) is 3.96. The van der Waals surface area contributed by atoms with Gasteiger partial charge in [-0.25, -0.2) is 9.59 Å². The van der Waals surface area contributed by atoms with Crippen molar-refractivity contribution in [2.24, 2.45) is 0 Å². The average Bonchev–Trinajstić information content (AvgIpc) is 3.03. The molecule has 3 N–H and O–H groups in total. The minimum Gasteiger partial charge on any atom is -0.477 e. The van der Waals surface area contributed by atoms with Gasteiger partial charge in [0.1, 0.15) is 4.88 Å². The maximum Gasteiger partial charge on any atom is 0.348 e. The fourth-order valence-electron chi connectivity index (χ4n) is 2.18. The molecular formula is C17H11Cl2N3O3S. The first kappa shape index (κ1) is 18.2. The molecule has 0 spiro atoms. The normalized spacial score (nSPS) is 10.4. The lowest BCUT2D eigenvalue weighted by molar-refractivity contribution is 0.0703. The van der Waals surface area contributed by atoms with Gasteiger partial charge in [0.05, 0.1) is 21.4 Å². The number of rotatable bonds is 4. The van der Waals surface area contributed by atoms with E-state index in [0.29, 0.717) is 4.88 Å². The van der Waals surface area contributed by atoms with Gasteiger partial charge in [-0.15, -0.1) is 11.3 Å². The minimum absolute atomic E-state index is 0.00394. The topological polar surface area (TPSA) is 91.3 Å². The predicted octanol–water partition coefficient (Wildman–Crippen LogP) is 5.46. The minimum atomic E-state index is -1.14. The molecule has 2 aromatic heterocycles. The summed E-state index contributed by atoms with van der Waals surface area (Å²) in [5.74, 6) is -1.14. The second-order valence-electron chi connectivity index (χ2n) is 5.08. The molecule has 2 amide bonds. The van der Waals surface area contributed by atoms with Crippen LogP contribution in [0.15, 0.2) is 48.8 Å². The number of carbonyl (C=O) groups excluding carboxylic acids is 1. The average molecular weight is 408 g/mol. The molecule has 0 saturated carbocycles. The van der Waals surface area contributed by atoms with Gasteiger partial charge in [-0.2, -0.15) is 0 Å². The van der Waals surface area contributed by atoms with Gasteiger partial charge < -0.3 is 15.7 Å². The molecule has 0 saturated heterocycles. The van der Waals surface area contributed by atoms with Crippen LogP contribution in [0, 0.1) is 0 Å². The number of carbonyl (C=O) groups is 2. The van der Waals surface area contributed by atoms with Crippen LogP contribution in [0.5, 0.6) is 0 Å². The number of hydrogen-bond donors (Lipinski definition) is 3. The van der Waals surface area contributed by atoms with E-state index in [1.807, 2.05) is 0 Å². The van der Waals surface area contributed by atoms with Crippen molar-refractivity contribution >= 4 is 57.9 Å². The highest BCUT2D eigenvalue weighted by Gasteiger charge is 2.19. The van der Waals surface area contributed by atoms with Gasteiger partial charge in [-0.05, 0) is 24.3 Å². The van der Waals surface area contributed by atoms with Crippen molar-refractivity contribution in [1.82, 2.24) is 4.98 Å². The van der Waals surface area contributed by atoms with Gasteiger partial charge in [0.15, 0.2) is 0 Å². The van der Waals surface area contributed by atoms with E-state index < -0.39 is 12.0 Å². The van der Waals surface area contributed by atoms with Gasteiger partial charge in [-0.3, -0.25) is 4.98 Å².